The molecule has 1 heterocycles. The number of hydrogen-bond acceptors (Lipinski definition) is 5. The Morgan fingerprint density at radius 2 is 1.91 bits per heavy atom. The number of alkyl halides is 2. The lowest BCUT2D eigenvalue weighted by Gasteiger charge is -2.35. The van der Waals surface area contributed by atoms with Gasteiger partial charge in [0, 0.05) is 31.7 Å². The molecule has 0 bridgehead atoms. The topological polar surface area (TPSA) is 68.5 Å². The molecule has 0 amide bonds. The van der Waals surface area contributed by atoms with Crippen LogP contribution in [0.1, 0.15) is 17.2 Å². The van der Waals surface area contributed by atoms with Crippen LogP contribution in [0.25, 0.3) is 0 Å². The van der Waals surface area contributed by atoms with Crippen molar-refractivity contribution in [1.82, 2.24) is 10.2 Å². The fraction of sp³-hybridized carbons (Fsp3) is 0.500. The van der Waals surface area contributed by atoms with Crippen LogP contribution in [0.4, 0.5) is 8.78 Å². The number of rotatable bonds is 4. The molecule has 0 radical (unpaired) electrons. The summed E-state index contributed by atoms with van der Waals surface area (Å²) in [6, 6.07) is 3.34. The van der Waals surface area contributed by atoms with E-state index < -0.39 is 12.5 Å². The van der Waals surface area contributed by atoms with Gasteiger partial charge < -0.3 is 15.2 Å². The van der Waals surface area contributed by atoms with Crippen LogP contribution in [0, 0.1) is 11.3 Å². The highest BCUT2D eigenvalue weighted by molar-refractivity contribution is 5.85. The minimum Gasteiger partial charge on any atom is -0.504 e. The van der Waals surface area contributed by atoms with E-state index in [0.717, 1.165) is 0 Å². The van der Waals surface area contributed by atoms with Gasteiger partial charge in [0.25, 0.3) is 6.43 Å². The van der Waals surface area contributed by atoms with Crippen LogP contribution in [0.3, 0.4) is 0 Å². The van der Waals surface area contributed by atoms with E-state index in [4.69, 9.17) is 10.00 Å². The molecule has 0 spiro atoms. The molecule has 5 nitrogen and oxygen atoms in total. The largest absolute Gasteiger partial charge is 0.504 e. The molecule has 2 N–H and O–H groups in total. The fourth-order valence-electron chi connectivity index (χ4n) is 2.58. The lowest BCUT2D eigenvalue weighted by atomic mass is 9.97. The van der Waals surface area contributed by atoms with E-state index in [9.17, 15) is 13.9 Å². The van der Waals surface area contributed by atoms with Crippen molar-refractivity contribution in [1.29, 1.82) is 5.26 Å². The van der Waals surface area contributed by atoms with Gasteiger partial charge in [-0.1, -0.05) is 0 Å². The van der Waals surface area contributed by atoms with Crippen molar-refractivity contribution in [3.8, 4) is 17.6 Å². The van der Waals surface area contributed by atoms with Crippen molar-refractivity contribution < 1.29 is 18.6 Å². The van der Waals surface area contributed by atoms with Crippen molar-refractivity contribution in [3.63, 3.8) is 0 Å². The Bertz CT molecular complexity index is 550. The third kappa shape index (κ3) is 4.58. The van der Waals surface area contributed by atoms with Gasteiger partial charge in [0.15, 0.2) is 11.5 Å². The van der Waals surface area contributed by atoms with Gasteiger partial charge in [0.1, 0.15) is 6.04 Å². The number of aromatic hydroxyl groups is 1. The number of phenolic OH excluding ortho intramolecular Hbond substituents is 1. The highest BCUT2D eigenvalue weighted by Gasteiger charge is 2.35. The standard InChI is InChI=1S/C14H17F2N3O2.2ClH/c1-21-10-3-2-9(8-17)11(13(10)20)12(14(15)16)19-6-4-18-5-7-19;;/h2-3,12,14,18,20H,4-7H2,1H3;2*1H/t12-;;/m0../s1. The van der Waals surface area contributed by atoms with E-state index in [2.05, 4.69) is 5.32 Å². The van der Waals surface area contributed by atoms with E-state index >= 15 is 0 Å². The number of phenols is 1. The van der Waals surface area contributed by atoms with Gasteiger partial charge in [-0.05, 0) is 12.1 Å². The smallest absolute Gasteiger partial charge is 0.258 e. The van der Waals surface area contributed by atoms with E-state index in [1.165, 1.54) is 19.2 Å². The first-order chi connectivity index (χ1) is 10.1. The number of piperazine rings is 1. The summed E-state index contributed by atoms with van der Waals surface area (Å²) in [6.07, 6.45) is -2.71. The van der Waals surface area contributed by atoms with Gasteiger partial charge in [0.05, 0.1) is 18.7 Å². The van der Waals surface area contributed by atoms with Crippen LogP contribution in [-0.2, 0) is 0 Å². The zero-order valence-corrected chi connectivity index (χ0v) is 14.1. The quantitative estimate of drug-likeness (QED) is 0.852. The first-order valence-electron chi connectivity index (χ1n) is 6.63. The van der Waals surface area contributed by atoms with Crippen LogP contribution in [0.2, 0.25) is 0 Å². The predicted molar refractivity (Wildman–Crippen MR) is 87.1 cm³/mol. The van der Waals surface area contributed by atoms with Crippen LogP contribution in [0.15, 0.2) is 12.1 Å². The molecule has 0 unspecified atom stereocenters. The highest BCUT2D eigenvalue weighted by Crippen LogP contribution is 2.41. The molecule has 0 saturated carbocycles. The number of nitriles is 1. The van der Waals surface area contributed by atoms with Gasteiger partial charge in [-0.25, -0.2) is 8.78 Å². The van der Waals surface area contributed by atoms with Crippen molar-refractivity contribution in [2.24, 2.45) is 0 Å². The normalized spacial score (nSPS) is 16.0. The second-order valence-electron chi connectivity index (χ2n) is 4.75. The van der Waals surface area contributed by atoms with E-state index in [-0.39, 0.29) is 47.4 Å². The number of nitrogens with zero attached hydrogens (tertiary/aromatic N) is 2. The number of nitrogens with one attached hydrogen (secondary N) is 1. The zero-order valence-electron chi connectivity index (χ0n) is 12.5. The molecule has 0 aliphatic carbocycles. The predicted octanol–water partition coefficient (Wildman–Crippen LogP) is 2.33. The number of methoxy groups -OCH3 is 1. The number of ether oxygens (including phenoxy) is 1. The van der Waals surface area contributed by atoms with E-state index in [1.807, 2.05) is 6.07 Å². The Morgan fingerprint density at radius 1 is 1.30 bits per heavy atom. The Kier molecular flexibility index (Phi) is 9.17. The van der Waals surface area contributed by atoms with Crippen molar-refractivity contribution >= 4 is 24.8 Å². The maximum Gasteiger partial charge on any atom is 0.258 e. The zero-order chi connectivity index (χ0) is 15.4. The summed E-state index contributed by atoms with van der Waals surface area (Å²) in [5, 5.41) is 22.4. The third-order valence-corrected chi connectivity index (χ3v) is 3.60. The summed E-state index contributed by atoms with van der Waals surface area (Å²) in [5.74, 6) is -0.301. The van der Waals surface area contributed by atoms with Crippen LogP contribution in [0.5, 0.6) is 11.5 Å². The lowest BCUT2D eigenvalue weighted by molar-refractivity contribution is 0.0167. The second-order valence-corrected chi connectivity index (χ2v) is 4.75. The Hall–Kier alpha value is -1.33. The summed E-state index contributed by atoms with van der Waals surface area (Å²) in [6.45, 7) is 2.04. The van der Waals surface area contributed by atoms with Gasteiger partial charge in [-0.2, -0.15) is 5.26 Å². The SMILES string of the molecule is COc1ccc(C#N)c([C@@H](C(F)F)N2CCNCC2)c1O.Cl.Cl. The third-order valence-electron chi connectivity index (χ3n) is 3.60. The molecule has 9 heteroatoms. The molecular weight excluding hydrogens is 351 g/mol. The van der Waals surface area contributed by atoms with E-state index in [1.54, 1.807) is 4.90 Å². The maximum absolute atomic E-state index is 13.6. The molecule has 1 aliphatic rings. The van der Waals surface area contributed by atoms with Crippen molar-refractivity contribution in [3.05, 3.63) is 23.3 Å². The van der Waals surface area contributed by atoms with Gasteiger partial charge in [-0.15, -0.1) is 24.8 Å². The summed E-state index contributed by atoms with van der Waals surface area (Å²) in [7, 11) is 1.34. The van der Waals surface area contributed by atoms with Crippen LogP contribution < -0.4 is 10.1 Å². The summed E-state index contributed by atoms with van der Waals surface area (Å²) < 4.78 is 32.1. The molecule has 1 atom stereocenters. The maximum atomic E-state index is 13.6. The Labute approximate surface area is 146 Å². The summed E-state index contributed by atoms with van der Waals surface area (Å²) >= 11 is 0. The Balaban J connectivity index is 0.00000242. The van der Waals surface area contributed by atoms with Gasteiger partial charge >= 0.3 is 0 Å². The molecule has 1 aromatic rings. The molecule has 0 aromatic heterocycles. The highest BCUT2D eigenvalue weighted by atomic mass is 35.5. The average molecular weight is 370 g/mol. The van der Waals surface area contributed by atoms with Crippen molar-refractivity contribution in [2.75, 3.05) is 33.3 Å². The molecule has 1 aliphatic heterocycles. The monoisotopic (exact) mass is 369 g/mol. The van der Waals surface area contributed by atoms with Gasteiger partial charge in [0.2, 0.25) is 0 Å². The van der Waals surface area contributed by atoms with E-state index in [0.29, 0.717) is 26.2 Å². The number of halogens is 4. The first kappa shape index (κ1) is 21.7. The number of benzene rings is 1. The first-order valence-corrected chi connectivity index (χ1v) is 6.63. The van der Waals surface area contributed by atoms with Crippen LogP contribution >= 0.6 is 24.8 Å². The number of hydrogen-bond donors (Lipinski definition) is 2. The van der Waals surface area contributed by atoms with Crippen molar-refractivity contribution in [2.45, 2.75) is 12.5 Å². The average Bonchev–Trinajstić information content (AvgIpc) is 2.50. The minimum atomic E-state index is -2.71. The lowest BCUT2D eigenvalue weighted by Crippen LogP contribution is -2.47. The minimum absolute atomic E-state index is 0. The molecular formula is C14H19Cl2F2N3O2. The molecule has 23 heavy (non-hydrogen) atoms. The Morgan fingerprint density at radius 3 is 2.39 bits per heavy atom. The summed E-state index contributed by atoms with van der Waals surface area (Å²) in [5.41, 5.74) is -0.0223. The second kappa shape index (κ2) is 9.73. The molecule has 2 rings (SSSR count). The van der Waals surface area contributed by atoms with Crippen LogP contribution in [-0.4, -0.2) is 49.7 Å². The molecule has 1 fully saturated rings. The molecule has 1 aromatic carbocycles. The van der Waals surface area contributed by atoms with Gasteiger partial charge in [-0.3, -0.25) is 4.90 Å². The molecule has 1 saturated heterocycles. The molecule has 130 valence electrons. The fourth-order valence-corrected chi connectivity index (χ4v) is 2.58. The summed E-state index contributed by atoms with van der Waals surface area (Å²) in [4.78, 5) is 1.58.